The van der Waals surface area contributed by atoms with Gasteiger partial charge in [-0.25, -0.2) is 22.6 Å². The number of halogens is 2. The third kappa shape index (κ3) is 9.22. The molecule has 2 N–H and O–H groups in total. The van der Waals surface area contributed by atoms with Crippen molar-refractivity contribution < 1.29 is 55.3 Å². The minimum absolute atomic E-state index is 0.0534. The molecule has 2 saturated heterocycles. The van der Waals surface area contributed by atoms with Gasteiger partial charge < -0.3 is 33.7 Å². The summed E-state index contributed by atoms with van der Waals surface area (Å²) in [5, 5.41) is 13.2. The van der Waals surface area contributed by atoms with Crippen LogP contribution in [0.4, 0.5) is 14.9 Å². The number of alkyl halides is 1. The number of nitrogens with one attached hydrogen (secondary N) is 1. The number of nitriles is 1. The molecule has 0 amide bonds. The standard InChI is InChI=1S/C30H39ClFN4O11PS/c1-2-3-4-5-6-7-8-9-23(37)43-16-44-48(39,40)17-49(41,42)15-22-25-26(47-30(38)46-25)29(45-22)36-11-10-20-24(34-19-12-18(32)13-19)21(14-33)27(31)35-28(20)36/h10-11,18-19,22,25-26,29H,2-9,12-13,15-17H2,1H3,(H,34,35)(H,39,40)/t18?,19?,22-,25-,26-,29-/m1/s1. The van der Waals surface area contributed by atoms with Crippen LogP contribution in [0.3, 0.4) is 0 Å². The summed E-state index contributed by atoms with van der Waals surface area (Å²) in [4.78, 5) is 38.7. The Bertz CT molecular complexity index is 1730. The number of nitrogens with zero attached hydrogens (tertiary/aromatic N) is 3. The minimum atomic E-state index is -4.79. The molecule has 1 aliphatic carbocycles. The first-order valence-electron chi connectivity index (χ1n) is 16.2. The third-order valence-electron chi connectivity index (χ3n) is 8.62. The van der Waals surface area contributed by atoms with Gasteiger partial charge >= 0.3 is 19.7 Å². The number of esters is 1. The van der Waals surface area contributed by atoms with Crippen molar-refractivity contribution in [3.63, 3.8) is 0 Å². The lowest BCUT2D eigenvalue weighted by Gasteiger charge is -2.31. The van der Waals surface area contributed by atoms with Gasteiger partial charge in [0.25, 0.3) is 0 Å². The summed E-state index contributed by atoms with van der Waals surface area (Å²) in [5.74, 6) is -1.48. The number of fused-ring (bicyclic) bond motifs is 2. The van der Waals surface area contributed by atoms with Gasteiger partial charge in [-0.15, -0.1) is 0 Å². The highest BCUT2D eigenvalue weighted by Gasteiger charge is 2.56. The number of sulfone groups is 1. The molecule has 5 rings (SSSR count). The van der Waals surface area contributed by atoms with Gasteiger partial charge in [0.05, 0.1) is 11.4 Å². The Morgan fingerprint density at radius 2 is 1.92 bits per heavy atom. The molecule has 2 aliphatic heterocycles. The van der Waals surface area contributed by atoms with E-state index < -0.39 is 78.3 Å². The van der Waals surface area contributed by atoms with Crippen molar-refractivity contribution in [1.82, 2.24) is 9.55 Å². The second-order valence-electron chi connectivity index (χ2n) is 12.4. The van der Waals surface area contributed by atoms with Gasteiger partial charge in [-0.1, -0.05) is 57.0 Å². The smallest absolute Gasteiger partial charge is 0.438 e. The molecule has 3 fully saturated rings. The monoisotopic (exact) mass is 748 g/mol. The molecular formula is C30H39ClFN4O11PS. The van der Waals surface area contributed by atoms with Crippen molar-refractivity contribution in [3.8, 4) is 6.07 Å². The Labute approximate surface area is 287 Å². The number of anilines is 1. The van der Waals surface area contributed by atoms with Crippen LogP contribution in [0, 0.1) is 11.3 Å². The highest BCUT2D eigenvalue weighted by Crippen LogP contribution is 2.46. The molecule has 3 aliphatic rings. The maximum Gasteiger partial charge on any atom is 0.509 e. The molecule has 0 aromatic carbocycles. The fraction of sp³-hybridized carbons (Fsp3) is 0.667. The van der Waals surface area contributed by atoms with Crippen molar-refractivity contribution in [2.45, 2.75) is 108 Å². The first-order valence-corrected chi connectivity index (χ1v) is 20.1. The molecule has 49 heavy (non-hydrogen) atoms. The molecule has 0 radical (unpaired) electrons. The van der Waals surface area contributed by atoms with Crippen LogP contribution in [0.25, 0.3) is 11.0 Å². The molecule has 5 atom stereocenters. The van der Waals surface area contributed by atoms with Gasteiger partial charge in [-0.05, 0) is 25.3 Å². The van der Waals surface area contributed by atoms with Crippen molar-refractivity contribution in [1.29, 1.82) is 5.26 Å². The van der Waals surface area contributed by atoms with Crippen LogP contribution in [-0.2, 0) is 42.7 Å². The van der Waals surface area contributed by atoms with Gasteiger partial charge in [-0.3, -0.25) is 13.9 Å². The van der Waals surface area contributed by atoms with Crippen LogP contribution >= 0.6 is 19.2 Å². The number of rotatable bonds is 18. The SMILES string of the molecule is CCCCCCCCCC(=O)OCOP(=O)(O)CS(=O)(=O)C[C@H]1O[C@@H](n2ccc3c(NC4CC(F)C4)c(C#N)c(Cl)nc32)[C@@H]2OC(=O)O[C@@H]21. The lowest BCUT2D eigenvalue weighted by Crippen LogP contribution is -2.36. The molecule has 0 bridgehead atoms. The number of carbonyl (C=O) groups is 2. The lowest BCUT2D eigenvalue weighted by molar-refractivity contribution is -0.150. The molecular weight excluding hydrogens is 710 g/mol. The van der Waals surface area contributed by atoms with E-state index >= 15 is 0 Å². The van der Waals surface area contributed by atoms with E-state index in [0.29, 0.717) is 17.5 Å². The number of ether oxygens (including phenoxy) is 4. The third-order valence-corrected chi connectivity index (χ3v) is 13.1. The van der Waals surface area contributed by atoms with E-state index in [0.717, 1.165) is 32.1 Å². The molecule has 2 aromatic heterocycles. The molecule has 2 aromatic rings. The van der Waals surface area contributed by atoms with Gasteiger partial charge in [0.2, 0.25) is 6.79 Å². The van der Waals surface area contributed by atoms with Crippen LogP contribution in [0.15, 0.2) is 12.3 Å². The molecule has 4 heterocycles. The van der Waals surface area contributed by atoms with Crippen molar-refractivity contribution in [2.24, 2.45) is 0 Å². The van der Waals surface area contributed by atoms with Crippen molar-refractivity contribution in [3.05, 3.63) is 23.0 Å². The fourth-order valence-electron chi connectivity index (χ4n) is 6.11. The number of unbranched alkanes of at least 4 members (excludes halogenated alkanes) is 6. The van der Waals surface area contributed by atoms with E-state index in [1.165, 1.54) is 17.2 Å². The number of hydrogen-bond acceptors (Lipinski definition) is 13. The first kappa shape index (κ1) is 37.3. The average Bonchev–Trinajstić information content (AvgIpc) is 3.68. The Hall–Kier alpha value is -3.00. The van der Waals surface area contributed by atoms with Gasteiger partial charge in [0.1, 0.15) is 29.6 Å². The Morgan fingerprint density at radius 3 is 2.61 bits per heavy atom. The van der Waals surface area contributed by atoms with Crippen LogP contribution in [-0.4, -0.2) is 83.6 Å². The largest absolute Gasteiger partial charge is 0.509 e. The van der Waals surface area contributed by atoms with E-state index in [-0.39, 0.29) is 41.7 Å². The number of pyridine rings is 1. The predicted molar refractivity (Wildman–Crippen MR) is 173 cm³/mol. The maximum atomic E-state index is 13.5. The fourth-order valence-corrected chi connectivity index (χ4v) is 10.0. The van der Waals surface area contributed by atoms with E-state index in [9.17, 15) is 37.1 Å². The average molecular weight is 749 g/mol. The summed E-state index contributed by atoms with van der Waals surface area (Å²) < 4.78 is 79.9. The molecule has 1 saturated carbocycles. The van der Waals surface area contributed by atoms with Crippen LogP contribution in [0.2, 0.25) is 5.15 Å². The second kappa shape index (κ2) is 15.9. The normalized spacial score (nSPS) is 25.9. The Morgan fingerprint density at radius 1 is 1.22 bits per heavy atom. The zero-order valence-electron chi connectivity index (χ0n) is 26.8. The zero-order valence-corrected chi connectivity index (χ0v) is 29.3. The van der Waals surface area contributed by atoms with Crippen LogP contribution in [0.1, 0.15) is 82.9 Å². The minimum Gasteiger partial charge on any atom is -0.438 e. The van der Waals surface area contributed by atoms with Gasteiger partial charge in [0, 0.05) is 24.0 Å². The molecule has 15 nitrogen and oxygen atoms in total. The molecule has 0 spiro atoms. The molecule has 19 heteroatoms. The summed E-state index contributed by atoms with van der Waals surface area (Å²) in [6, 6.07) is 3.38. The number of hydrogen-bond donors (Lipinski definition) is 2. The van der Waals surface area contributed by atoms with Crippen molar-refractivity contribution >= 4 is 57.9 Å². The lowest BCUT2D eigenvalue weighted by atomic mass is 9.90. The predicted octanol–water partition coefficient (Wildman–Crippen LogP) is 5.49. The van der Waals surface area contributed by atoms with Gasteiger partial charge in [-0.2, -0.15) is 5.26 Å². The zero-order chi connectivity index (χ0) is 35.3. The topological polar surface area (TPSA) is 205 Å². The van der Waals surface area contributed by atoms with Crippen molar-refractivity contribution in [2.75, 3.05) is 23.4 Å². The highest BCUT2D eigenvalue weighted by molar-refractivity contribution is 7.97. The Balaban J connectivity index is 1.20. The van der Waals surface area contributed by atoms with Gasteiger partial charge in [0.15, 0.2) is 38.9 Å². The summed E-state index contributed by atoms with van der Waals surface area (Å²) in [5.41, 5.74) is -0.725. The first-order chi connectivity index (χ1) is 23.3. The summed E-state index contributed by atoms with van der Waals surface area (Å²) in [7, 11) is -9.19. The summed E-state index contributed by atoms with van der Waals surface area (Å²) in [6.07, 6.45) is 2.23. The van der Waals surface area contributed by atoms with E-state index in [1.807, 2.05) is 6.07 Å². The second-order valence-corrected chi connectivity index (χ2v) is 17.2. The Kier molecular flexibility index (Phi) is 12.1. The van der Waals surface area contributed by atoms with E-state index in [2.05, 4.69) is 17.2 Å². The number of aromatic nitrogens is 2. The maximum absolute atomic E-state index is 13.5. The van der Waals surface area contributed by atoms with E-state index in [1.54, 1.807) is 6.07 Å². The highest BCUT2D eigenvalue weighted by atomic mass is 35.5. The summed E-state index contributed by atoms with van der Waals surface area (Å²) >= 11 is 6.35. The summed E-state index contributed by atoms with van der Waals surface area (Å²) in [6.45, 7) is 1.23. The number of carbonyl (C=O) groups excluding carboxylic acids is 2. The quantitative estimate of drug-likeness (QED) is 0.0636. The van der Waals surface area contributed by atoms with E-state index in [4.69, 9.17) is 35.1 Å². The molecule has 1 unspecified atom stereocenters. The van der Waals surface area contributed by atoms with Crippen LogP contribution in [0.5, 0.6) is 0 Å². The molecule has 270 valence electrons. The van der Waals surface area contributed by atoms with Crippen LogP contribution < -0.4 is 5.32 Å².